The molecule has 0 radical (unpaired) electrons. The van der Waals surface area contributed by atoms with Crippen LogP contribution < -0.4 is 10.1 Å². The third-order valence-corrected chi connectivity index (χ3v) is 4.18. The standard InChI is InChI=1S/C17H21N3O3/c1-23-14-6-4-12(5-7-14)9-15-16(22)19-17(18-15)20-8-2-3-13(10-20)11-21/h4-7,9,13,21H,2-3,8,10-11H2,1H3,(H,18,19,22)/b15-9-. The van der Waals surface area contributed by atoms with Crippen molar-refractivity contribution >= 4 is 17.9 Å². The van der Waals surface area contributed by atoms with Gasteiger partial charge in [-0.3, -0.25) is 10.1 Å². The van der Waals surface area contributed by atoms with Gasteiger partial charge in [0.05, 0.1) is 7.11 Å². The Morgan fingerprint density at radius 2 is 2.22 bits per heavy atom. The van der Waals surface area contributed by atoms with Crippen molar-refractivity contribution in [3.8, 4) is 5.75 Å². The summed E-state index contributed by atoms with van der Waals surface area (Å²) in [5.41, 5.74) is 1.30. The van der Waals surface area contributed by atoms with Gasteiger partial charge in [0.2, 0.25) is 5.96 Å². The Morgan fingerprint density at radius 1 is 1.43 bits per heavy atom. The third kappa shape index (κ3) is 3.53. The minimum atomic E-state index is -0.193. The Kier molecular flexibility index (Phi) is 4.62. The lowest BCUT2D eigenvalue weighted by atomic mass is 9.99. The van der Waals surface area contributed by atoms with Crippen LogP contribution in [0.25, 0.3) is 6.08 Å². The number of benzene rings is 1. The zero-order valence-electron chi connectivity index (χ0n) is 13.2. The highest BCUT2D eigenvalue weighted by Gasteiger charge is 2.28. The number of nitrogens with zero attached hydrogens (tertiary/aromatic N) is 2. The molecule has 1 aromatic rings. The molecule has 2 aliphatic heterocycles. The molecule has 1 fully saturated rings. The van der Waals surface area contributed by atoms with Crippen LogP contribution in [-0.2, 0) is 4.79 Å². The minimum absolute atomic E-state index is 0.173. The minimum Gasteiger partial charge on any atom is -0.497 e. The molecule has 6 heteroatoms. The Labute approximate surface area is 135 Å². The highest BCUT2D eigenvalue weighted by Crippen LogP contribution is 2.20. The first-order chi connectivity index (χ1) is 11.2. The Bertz CT molecular complexity index is 637. The van der Waals surface area contributed by atoms with E-state index in [-0.39, 0.29) is 18.4 Å². The molecule has 2 heterocycles. The lowest BCUT2D eigenvalue weighted by Gasteiger charge is -2.32. The maximum Gasteiger partial charge on any atom is 0.276 e. The quantitative estimate of drug-likeness (QED) is 0.823. The summed E-state index contributed by atoms with van der Waals surface area (Å²) in [7, 11) is 1.62. The monoisotopic (exact) mass is 315 g/mol. The summed E-state index contributed by atoms with van der Waals surface area (Å²) in [6.07, 6.45) is 3.77. The van der Waals surface area contributed by atoms with Crippen molar-refractivity contribution in [2.24, 2.45) is 10.9 Å². The number of nitrogens with one attached hydrogen (secondary N) is 1. The van der Waals surface area contributed by atoms with Gasteiger partial charge in [-0.1, -0.05) is 12.1 Å². The maximum atomic E-state index is 12.1. The van der Waals surface area contributed by atoms with Crippen LogP contribution in [0, 0.1) is 5.92 Å². The molecule has 0 bridgehead atoms. The van der Waals surface area contributed by atoms with Crippen molar-refractivity contribution in [1.82, 2.24) is 10.2 Å². The molecule has 1 unspecified atom stereocenters. The fourth-order valence-electron chi connectivity index (χ4n) is 2.87. The molecular formula is C17H21N3O3. The number of methoxy groups -OCH3 is 1. The van der Waals surface area contributed by atoms with E-state index in [9.17, 15) is 9.90 Å². The molecule has 1 amide bonds. The molecule has 122 valence electrons. The molecule has 1 aromatic carbocycles. The number of hydrogen-bond acceptors (Lipinski definition) is 5. The summed E-state index contributed by atoms with van der Waals surface area (Å²) >= 11 is 0. The van der Waals surface area contributed by atoms with Crippen LogP contribution in [0.15, 0.2) is 35.0 Å². The first-order valence-corrected chi connectivity index (χ1v) is 7.81. The van der Waals surface area contributed by atoms with Gasteiger partial charge in [0, 0.05) is 19.7 Å². The molecule has 2 aliphatic rings. The summed E-state index contributed by atoms with van der Waals surface area (Å²) in [5, 5.41) is 12.1. The predicted octanol–water partition coefficient (Wildman–Crippen LogP) is 1.23. The van der Waals surface area contributed by atoms with E-state index < -0.39 is 0 Å². The largest absolute Gasteiger partial charge is 0.497 e. The fraction of sp³-hybridized carbons (Fsp3) is 0.412. The Balaban J connectivity index is 1.76. The van der Waals surface area contributed by atoms with Crippen molar-refractivity contribution in [3.63, 3.8) is 0 Å². The van der Waals surface area contributed by atoms with Gasteiger partial charge in [0.25, 0.3) is 5.91 Å². The number of likely N-dealkylation sites (tertiary alicyclic amines) is 1. The molecule has 6 nitrogen and oxygen atoms in total. The molecule has 0 spiro atoms. The Morgan fingerprint density at radius 3 is 2.91 bits per heavy atom. The van der Waals surface area contributed by atoms with Crippen LogP contribution in [0.2, 0.25) is 0 Å². The topological polar surface area (TPSA) is 74.2 Å². The summed E-state index contributed by atoms with van der Waals surface area (Å²) in [6.45, 7) is 1.75. The number of guanidine groups is 1. The second-order valence-corrected chi connectivity index (χ2v) is 5.83. The van der Waals surface area contributed by atoms with Crippen molar-refractivity contribution in [3.05, 3.63) is 35.5 Å². The number of carbonyl (C=O) groups excluding carboxylic acids is 1. The zero-order chi connectivity index (χ0) is 16.2. The van der Waals surface area contributed by atoms with Crippen molar-refractivity contribution in [1.29, 1.82) is 0 Å². The SMILES string of the molecule is COc1ccc(/C=C2\N=C(N3CCCC(CO)C3)NC2=O)cc1. The summed E-state index contributed by atoms with van der Waals surface area (Å²) in [5.74, 6) is 1.42. The van der Waals surface area contributed by atoms with Gasteiger partial charge in [0.15, 0.2) is 0 Å². The van der Waals surface area contributed by atoms with E-state index in [0.717, 1.165) is 37.2 Å². The molecule has 0 aliphatic carbocycles. The number of piperidine rings is 1. The van der Waals surface area contributed by atoms with Gasteiger partial charge in [-0.05, 0) is 42.5 Å². The zero-order valence-corrected chi connectivity index (χ0v) is 13.2. The lowest BCUT2D eigenvalue weighted by molar-refractivity contribution is -0.115. The van der Waals surface area contributed by atoms with Gasteiger partial charge >= 0.3 is 0 Å². The predicted molar refractivity (Wildman–Crippen MR) is 87.9 cm³/mol. The van der Waals surface area contributed by atoms with E-state index in [1.807, 2.05) is 29.2 Å². The van der Waals surface area contributed by atoms with Crippen LogP contribution in [0.1, 0.15) is 18.4 Å². The van der Waals surface area contributed by atoms with Gasteiger partial charge in [-0.25, -0.2) is 4.99 Å². The smallest absolute Gasteiger partial charge is 0.276 e. The first kappa shape index (κ1) is 15.6. The van der Waals surface area contributed by atoms with E-state index in [2.05, 4.69) is 10.3 Å². The van der Waals surface area contributed by atoms with Gasteiger partial charge < -0.3 is 14.7 Å². The van der Waals surface area contributed by atoms with Gasteiger partial charge in [-0.2, -0.15) is 0 Å². The molecule has 1 saturated heterocycles. The van der Waals surface area contributed by atoms with Crippen LogP contribution in [0.3, 0.4) is 0 Å². The molecule has 23 heavy (non-hydrogen) atoms. The lowest BCUT2D eigenvalue weighted by Crippen LogP contribution is -2.46. The number of amides is 1. The third-order valence-electron chi connectivity index (χ3n) is 4.18. The molecular weight excluding hydrogens is 294 g/mol. The highest BCUT2D eigenvalue weighted by molar-refractivity contribution is 6.13. The fourth-order valence-corrected chi connectivity index (χ4v) is 2.87. The number of ether oxygens (including phenoxy) is 1. The van der Waals surface area contributed by atoms with Crippen molar-refractivity contribution in [2.45, 2.75) is 12.8 Å². The van der Waals surface area contributed by atoms with Gasteiger partial charge in [0.1, 0.15) is 11.4 Å². The second kappa shape index (κ2) is 6.83. The molecule has 0 aromatic heterocycles. The number of rotatable bonds is 3. The summed E-state index contributed by atoms with van der Waals surface area (Å²) < 4.78 is 5.12. The number of carbonyl (C=O) groups is 1. The van der Waals surface area contributed by atoms with Crippen LogP contribution in [-0.4, -0.2) is 48.7 Å². The summed E-state index contributed by atoms with van der Waals surface area (Å²) in [4.78, 5) is 18.6. The van der Waals surface area contributed by atoms with E-state index in [1.165, 1.54) is 0 Å². The molecule has 3 rings (SSSR count). The van der Waals surface area contributed by atoms with Crippen LogP contribution in [0.5, 0.6) is 5.75 Å². The molecule has 2 N–H and O–H groups in total. The van der Waals surface area contributed by atoms with Crippen LogP contribution in [0.4, 0.5) is 0 Å². The number of aliphatic imine (C=N–C) groups is 1. The summed E-state index contributed by atoms with van der Waals surface area (Å²) in [6, 6.07) is 7.46. The van der Waals surface area contributed by atoms with E-state index in [0.29, 0.717) is 11.7 Å². The maximum absolute atomic E-state index is 12.1. The van der Waals surface area contributed by atoms with E-state index in [1.54, 1.807) is 13.2 Å². The van der Waals surface area contributed by atoms with E-state index >= 15 is 0 Å². The normalized spacial score (nSPS) is 23.0. The number of aliphatic hydroxyl groups excluding tert-OH is 1. The molecule has 0 saturated carbocycles. The molecule has 1 atom stereocenters. The van der Waals surface area contributed by atoms with Crippen molar-refractivity contribution in [2.75, 3.05) is 26.8 Å². The van der Waals surface area contributed by atoms with Gasteiger partial charge in [-0.15, -0.1) is 0 Å². The number of hydrogen-bond donors (Lipinski definition) is 2. The van der Waals surface area contributed by atoms with Crippen molar-refractivity contribution < 1.29 is 14.6 Å². The second-order valence-electron chi connectivity index (χ2n) is 5.83. The highest BCUT2D eigenvalue weighted by atomic mass is 16.5. The van der Waals surface area contributed by atoms with Crippen LogP contribution >= 0.6 is 0 Å². The Hall–Kier alpha value is -2.34. The van der Waals surface area contributed by atoms with E-state index in [4.69, 9.17) is 4.74 Å². The number of aliphatic hydroxyl groups is 1. The first-order valence-electron chi connectivity index (χ1n) is 7.81. The average molecular weight is 315 g/mol. The average Bonchev–Trinajstić information content (AvgIpc) is 2.96.